The average Bonchev–Trinajstić information content (AvgIpc) is 3.23. The number of fused-ring (bicyclic) bond motifs is 1. The molecule has 2 aromatic carbocycles. The number of hydrogen-bond donors (Lipinski definition) is 1. The zero-order chi connectivity index (χ0) is 22.8. The first-order valence-electron chi connectivity index (χ1n) is 11.4. The van der Waals surface area contributed by atoms with Crippen LogP contribution in [0, 0.1) is 6.57 Å². The van der Waals surface area contributed by atoms with E-state index in [4.69, 9.17) is 18.2 Å². The van der Waals surface area contributed by atoms with Gasteiger partial charge in [0.15, 0.2) is 0 Å². The number of carbonyl (C=O) groups excluding carboxylic acids is 1. The molecule has 1 heterocycles. The molecule has 1 fully saturated rings. The maximum Gasteiger partial charge on any atom is 0.251 e. The topological polar surface area (TPSA) is 39.9 Å². The summed E-state index contributed by atoms with van der Waals surface area (Å²) in [6.45, 7) is 13.5. The highest BCUT2D eigenvalue weighted by atomic mass is 35.5. The predicted octanol–water partition coefficient (Wildman–Crippen LogP) is 5.79. The molecule has 1 amide bonds. The molecular weight excluding hydrogens is 420 g/mol. The quantitative estimate of drug-likeness (QED) is 0.586. The number of anilines is 1. The van der Waals surface area contributed by atoms with Crippen LogP contribution in [0.2, 0.25) is 5.02 Å². The predicted molar refractivity (Wildman–Crippen MR) is 130 cm³/mol. The highest BCUT2D eigenvalue weighted by Gasteiger charge is 2.27. The second kappa shape index (κ2) is 9.52. The summed E-state index contributed by atoms with van der Waals surface area (Å²) in [6, 6.07) is 12.9. The fraction of sp³-hybridized carbons (Fsp3) is 0.462. The number of nitrogens with one attached hydrogen (secondary N) is 1. The third-order valence-corrected chi connectivity index (χ3v) is 7.29. The fourth-order valence-electron chi connectivity index (χ4n) is 4.82. The molecule has 0 bridgehead atoms. The zero-order valence-corrected chi connectivity index (χ0v) is 19.8. The SMILES string of the molecule is [C-]#[N+]c1ccc(N(C)C2CCC(NC(=O)c3ccc4c(c3)CN(C(C)C)C4)CC2)cc1Cl. The Bertz CT molecular complexity index is 1040. The number of amides is 1. The lowest BCUT2D eigenvalue weighted by Crippen LogP contribution is -2.43. The second-order valence-corrected chi connectivity index (χ2v) is 9.73. The molecule has 6 heteroatoms. The normalized spacial score (nSPS) is 20.6. The van der Waals surface area contributed by atoms with Gasteiger partial charge in [-0.1, -0.05) is 23.7 Å². The van der Waals surface area contributed by atoms with Crippen LogP contribution in [0.3, 0.4) is 0 Å². The van der Waals surface area contributed by atoms with Crippen molar-refractivity contribution in [1.82, 2.24) is 10.2 Å². The van der Waals surface area contributed by atoms with Crippen molar-refractivity contribution in [3.05, 3.63) is 69.5 Å². The Balaban J connectivity index is 1.32. The lowest BCUT2D eigenvalue weighted by molar-refractivity contribution is 0.0925. The van der Waals surface area contributed by atoms with E-state index in [2.05, 4.69) is 53.0 Å². The maximum absolute atomic E-state index is 12.9. The molecule has 0 saturated heterocycles. The van der Waals surface area contributed by atoms with Crippen LogP contribution in [0.15, 0.2) is 36.4 Å². The van der Waals surface area contributed by atoms with Crippen molar-refractivity contribution in [2.75, 3.05) is 11.9 Å². The summed E-state index contributed by atoms with van der Waals surface area (Å²) < 4.78 is 0. The van der Waals surface area contributed by atoms with Gasteiger partial charge in [-0.05, 0) is 74.9 Å². The van der Waals surface area contributed by atoms with Gasteiger partial charge in [0, 0.05) is 54.5 Å². The molecule has 168 valence electrons. The first kappa shape index (κ1) is 22.6. The van der Waals surface area contributed by atoms with E-state index in [0.29, 0.717) is 22.8 Å². The molecule has 2 aromatic rings. The van der Waals surface area contributed by atoms with Gasteiger partial charge in [-0.25, -0.2) is 4.85 Å². The standard InChI is InChI=1S/C26H31ClN4O/c1-17(2)31-15-19-6-5-18(13-20(19)16-31)26(32)29-21-7-9-22(10-8-21)30(4)23-11-12-25(28-3)24(27)14-23/h5-6,11-14,17,21-22H,7-10,15-16H2,1-2,4H3,(H,29,32). The Morgan fingerprint density at radius 2 is 1.84 bits per heavy atom. The van der Waals surface area contributed by atoms with Gasteiger partial charge in [-0.2, -0.15) is 0 Å². The third kappa shape index (κ3) is 4.77. The second-order valence-electron chi connectivity index (χ2n) is 9.32. The first-order valence-corrected chi connectivity index (χ1v) is 11.8. The van der Waals surface area contributed by atoms with E-state index in [1.807, 2.05) is 18.2 Å². The average molecular weight is 451 g/mol. The molecule has 1 saturated carbocycles. The van der Waals surface area contributed by atoms with Crippen molar-refractivity contribution in [3.63, 3.8) is 0 Å². The van der Waals surface area contributed by atoms with E-state index >= 15 is 0 Å². The van der Waals surface area contributed by atoms with E-state index in [9.17, 15) is 4.79 Å². The summed E-state index contributed by atoms with van der Waals surface area (Å²) >= 11 is 6.22. The van der Waals surface area contributed by atoms with Crippen molar-refractivity contribution in [3.8, 4) is 0 Å². The maximum atomic E-state index is 12.9. The number of halogens is 1. The first-order chi connectivity index (χ1) is 15.4. The van der Waals surface area contributed by atoms with Gasteiger partial charge < -0.3 is 10.2 Å². The number of hydrogen-bond acceptors (Lipinski definition) is 3. The van der Waals surface area contributed by atoms with Gasteiger partial charge >= 0.3 is 0 Å². The van der Waals surface area contributed by atoms with Crippen LogP contribution < -0.4 is 10.2 Å². The minimum absolute atomic E-state index is 0.0362. The number of benzene rings is 2. The molecule has 0 atom stereocenters. The van der Waals surface area contributed by atoms with E-state index in [1.165, 1.54) is 11.1 Å². The van der Waals surface area contributed by atoms with Crippen LogP contribution in [0.1, 0.15) is 61.0 Å². The van der Waals surface area contributed by atoms with E-state index in [0.717, 1.165) is 50.0 Å². The summed E-state index contributed by atoms with van der Waals surface area (Å²) in [4.78, 5) is 21.0. The molecule has 1 aliphatic heterocycles. The van der Waals surface area contributed by atoms with Crippen LogP contribution in [-0.4, -0.2) is 36.0 Å². The molecule has 1 N–H and O–H groups in total. The minimum Gasteiger partial charge on any atom is -0.372 e. The van der Waals surface area contributed by atoms with Crippen LogP contribution in [0.4, 0.5) is 11.4 Å². The fourth-order valence-corrected chi connectivity index (χ4v) is 5.04. The van der Waals surface area contributed by atoms with E-state index in [-0.39, 0.29) is 11.9 Å². The van der Waals surface area contributed by atoms with E-state index in [1.54, 1.807) is 6.07 Å². The van der Waals surface area contributed by atoms with Crippen molar-refractivity contribution in [2.24, 2.45) is 0 Å². The summed E-state index contributed by atoms with van der Waals surface area (Å²) in [5.41, 5.74) is 4.90. The highest BCUT2D eigenvalue weighted by molar-refractivity contribution is 6.33. The van der Waals surface area contributed by atoms with Gasteiger partial charge in [0.1, 0.15) is 0 Å². The van der Waals surface area contributed by atoms with Gasteiger partial charge in [0.05, 0.1) is 6.57 Å². The van der Waals surface area contributed by atoms with Crippen molar-refractivity contribution in [1.29, 1.82) is 0 Å². The zero-order valence-electron chi connectivity index (χ0n) is 19.1. The molecule has 2 aliphatic rings. The van der Waals surface area contributed by atoms with Gasteiger partial charge in [0.2, 0.25) is 5.69 Å². The van der Waals surface area contributed by atoms with Crippen molar-refractivity contribution >= 4 is 28.9 Å². The smallest absolute Gasteiger partial charge is 0.251 e. The van der Waals surface area contributed by atoms with Crippen LogP contribution in [0.5, 0.6) is 0 Å². The van der Waals surface area contributed by atoms with E-state index < -0.39 is 0 Å². The van der Waals surface area contributed by atoms with Crippen molar-refractivity contribution in [2.45, 2.75) is 70.7 Å². The van der Waals surface area contributed by atoms with Crippen molar-refractivity contribution < 1.29 is 4.79 Å². The molecule has 1 aliphatic carbocycles. The number of nitrogens with zero attached hydrogens (tertiary/aromatic N) is 3. The monoisotopic (exact) mass is 450 g/mol. The summed E-state index contributed by atoms with van der Waals surface area (Å²) in [6.07, 6.45) is 3.94. The summed E-state index contributed by atoms with van der Waals surface area (Å²) in [5, 5.41) is 3.75. The molecule has 0 radical (unpaired) electrons. The molecule has 0 aromatic heterocycles. The minimum atomic E-state index is 0.0362. The molecule has 5 nitrogen and oxygen atoms in total. The lowest BCUT2D eigenvalue weighted by Gasteiger charge is -2.36. The Labute approximate surface area is 196 Å². The molecule has 0 unspecified atom stereocenters. The highest BCUT2D eigenvalue weighted by Crippen LogP contribution is 2.33. The largest absolute Gasteiger partial charge is 0.372 e. The summed E-state index contributed by atoms with van der Waals surface area (Å²) in [7, 11) is 2.08. The molecule has 4 rings (SSSR count). The molecule has 0 spiro atoms. The van der Waals surface area contributed by atoms with Crippen LogP contribution >= 0.6 is 11.6 Å². The van der Waals surface area contributed by atoms with Gasteiger partial charge in [-0.3, -0.25) is 9.69 Å². The third-order valence-electron chi connectivity index (χ3n) is 6.98. The Kier molecular flexibility index (Phi) is 6.74. The molecule has 32 heavy (non-hydrogen) atoms. The van der Waals surface area contributed by atoms with Gasteiger partial charge in [-0.15, -0.1) is 0 Å². The lowest BCUT2D eigenvalue weighted by atomic mass is 9.90. The number of rotatable bonds is 5. The Morgan fingerprint density at radius 3 is 2.50 bits per heavy atom. The molecular formula is C26H31ClN4O. The Hall–Kier alpha value is -2.55. The number of carbonyl (C=O) groups is 1. The summed E-state index contributed by atoms with van der Waals surface area (Å²) in [5.74, 6) is 0.0362. The van der Waals surface area contributed by atoms with Gasteiger partial charge in [0.25, 0.3) is 5.91 Å². The van der Waals surface area contributed by atoms with Crippen LogP contribution in [0.25, 0.3) is 4.85 Å². The Morgan fingerprint density at radius 1 is 1.12 bits per heavy atom. The van der Waals surface area contributed by atoms with Crippen LogP contribution in [-0.2, 0) is 13.1 Å².